The number of ether oxygens (including phenoxy) is 1. The molecule has 0 aromatic carbocycles. The Kier molecular flexibility index (Phi) is 13.9. The van der Waals surface area contributed by atoms with Gasteiger partial charge >= 0.3 is 5.97 Å². The Labute approximate surface area is 181 Å². The van der Waals surface area contributed by atoms with E-state index in [1.807, 2.05) is 21.1 Å². The van der Waals surface area contributed by atoms with E-state index in [1.165, 1.54) is 77.0 Å². The number of hydrogen-bond donors (Lipinski definition) is 1. The van der Waals surface area contributed by atoms with Crippen molar-refractivity contribution in [2.75, 3.05) is 34.3 Å². The van der Waals surface area contributed by atoms with Crippen molar-refractivity contribution in [1.29, 1.82) is 0 Å². The first kappa shape index (κ1) is 26.4. The molecule has 1 aliphatic rings. The van der Waals surface area contributed by atoms with Crippen molar-refractivity contribution in [3.8, 4) is 0 Å². The predicted octanol–water partition coefficient (Wildman–Crippen LogP) is 5.71. The zero-order valence-electron chi connectivity index (χ0n) is 20.0. The van der Waals surface area contributed by atoms with E-state index in [4.69, 9.17) is 4.74 Å². The number of nitrogens with zero attached hydrogens (tertiary/aromatic N) is 1. The van der Waals surface area contributed by atoms with Crippen LogP contribution in [0.3, 0.4) is 0 Å². The van der Waals surface area contributed by atoms with E-state index < -0.39 is 6.10 Å². The lowest BCUT2D eigenvalue weighted by atomic mass is 10.0. The number of aliphatic hydroxyl groups excluding tert-OH is 1. The number of unbranched alkanes of at least 4 members (excludes halogenated alkanes) is 9. The fraction of sp³-hybridized carbons (Fsp3) is 0.960. The van der Waals surface area contributed by atoms with E-state index in [9.17, 15) is 9.90 Å². The first-order chi connectivity index (χ1) is 13.8. The van der Waals surface area contributed by atoms with Gasteiger partial charge in [0.05, 0.1) is 21.1 Å². The maximum Gasteiger partial charge on any atom is 0.305 e. The second-order valence-corrected chi connectivity index (χ2v) is 10.4. The van der Waals surface area contributed by atoms with E-state index in [0.29, 0.717) is 17.4 Å². The Hall–Kier alpha value is -0.610. The number of esters is 1. The van der Waals surface area contributed by atoms with Gasteiger partial charge in [-0.1, -0.05) is 84.0 Å². The van der Waals surface area contributed by atoms with Crippen LogP contribution in [0.4, 0.5) is 0 Å². The van der Waals surface area contributed by atoms with Crippen LogP contribution in [-0.4, -0.2) is 56.0 Å². The van der Waals surface area contributed by atoms with E-state index in [-0.39, 0.29) is 12.6 Å². The molecule has 1 fully saturated rings. The summed E-state index contributed by atoms with van der Waals surface area (Å²) in [6.07, 6.45) is 18.7. The van der Waals surface area contributed by atoms with Crippen molar-refractivity contribution in [1.82, 2.24) is 0 Å². The van der Waals surface area contributed by atoms with E-state index in [1.54, 1.807) is 0 Å². The van der Waals surface area contributed by atoms with Crippen LogP contribution < -0.4 is 0 Å². The molecular weight excluding hydrogens is 362 g/mol. The van der Waals surface area contributed by atoms with Crippen molar-refractivity contribution in [2.45, 2.75) is 109 Å². The first-order valence-corrected chi connectivity index (χ1v) is 12.5. The molecule has 1 rings (SSSR count). The molecule has 0 saturated heterocycles. The largest absolute Gasteiger partial charge is 0.463 e. The molecule has 4 nitrogen and oxygen atoms in total. The zero-order chi connectivity index (χ0) is 21.5. The number of hydrogen-bond acceptors (Lipinski definition) is 3. The summed E-state index contributed by atoms with van der Waals surface area (Å²) in [7, 11) is 6.05. The van der Waals surface area contributed by atoms with Crippen LogP contribution in [0.25, 0.3) is 0 Å². The van der Waals surface area contributed by atoms with Crippen molar-refractivity contribution in [3.05, 3.63) is 0 Å². The van der Waals surface area contributed by atoms with Crippen molar-refractivity contribution >= 4 is 5.97 Å². The Balaban J connectivity index is 1.84. The summed E-state index contributed by atoms with van der Waals surface area (Å²) in [6, 6.07) is 0. The molecule has 0 spiro atoms. The first-order valence-electron chi connectivity index (χ1n) is 12.5. The van der Waals surface area contributed by atoms with Gasteiger partial charge in [0, 0.05) is 6.42 Å². The van der Waals surface area contributed by atoms with E-state index in [0.717, 1.165) is 24.7 Å². The highest BCUT2D eigenvalue weighted by atomic mass is 16.5. The zero-order valence-corrected chi connectivity index (χ0v) is 20.0. The summed E-state index contributed by atoms with van der Waals surface area (Å²) in [5.41, 5.74) is 0. The molecule has 1 N–H and O–H groups in total. The van der Waals surface area contributed by atoms with E-state index in [2.05, 4.69) is 6.92 Å². The summed E-state index contributed by atoms with van der Waals surface area (Å²) < 4.78 is 5.86. The van der Waals surface area contributed by atoms with Crippen LogP contribution in [0.2, 0.25) is 0 Å². The third kappa shape index (κ3) is 15.8. The fourth-order valence-corrected chi connectivity index (χ4v) is 4.36. The molecule has 0 bridgehead atoms. The van der Waals surface area contributed by atoms with Crippen LogP contribution in [-0.2, 0) is 9.53 Å². The number of likely N-dealkylation sites (N-methyl/N-ethyl adjacent to an activating group) is 1. The molecule has 0 heterocycles. The lowest BCUT2D eigenvalue weighted by molar-refractivity contribution is -0.873. The van der Waals surface area contributed by atoms with Gasteiger partial charge in [0.25, 0.3) is 0 Å². The minimum atomic E-state index is -0.578. The van der Waals surface area contributed by atoms with Gasteiger partial charge in [-0.3, -0.25) is 4.79 Å². The van der Waals surface area contributed by atoms with Crippen LogP contribution in [0.1, 0.15) is 103 Å². The van der Waals surface area contributed by atoms with Crippen molar-refractivity contribution < 1.29 is 19.1 Å². The SMILES string of the molecule is CCCCCCCCC1CC1CCCCCCCC(=O)OCC(O)C[N+](C)(C)C. The summed E-state index contributed by atoms with van der Waals surface area (Å²) in [5.74, 6) is 1.91. The van der Waals surface area contributed by atoms with E-state index >= 15 is 0 Å². The molecule has 172 valence electrons. The Morgan fingerprint density at radius 2 is 1.41 bits per heavy atom. The molecule has 4 heteroatoms. The van der Waals surface area contributed by atoms with Gasteiger partial charge < -0.3 is 14.3 Å². The topological polar surface area (TPSA) is 46.5 Å². The average molecular weight is 413 g/mol. The second-order valence-electron chi connectivity index (χ2n) is 10.4. The minimum absolute atomic E-state index is 0.121. The highest BCUT2D eigenvalue weighted by Gasteiger charge is 2.34. The van der Waals surface area contributed by atoms with Gasteiger partial charge in [-0.05, 0) is 24.7 Å². The predicted molar refractivity (Wildman–Crippen MR) is 122 cm³/mol. The smallest absolute Gasteiger partial charge is 0.305 e. The minimum Gasteiger partial charge on any atom is -0.463 e. The quantitative estimate of drug-likeness (QED) is 0.168. The summed E-state index contributed by atoms with van der Waals surface area (Å²) >= 11 is 0. The Morgan fingerprint density at radius 3 is 1.97 bits per heavy atom. The summed E-state index contributed by atoms with van der Waals surface area (Å²) in [5, 5.41) is 9.87. The molecule has 0 aliphatic heterocycles. The van der Waals surface area contributed by atoms with Gasteiger partial charge in [0.1, 0.15) is 19.3 Å². The van der Waals surface area contributed by atoms with Crippen LogP contribution >= 0.6 is 0 Å². The van der Waals surface area contributed by atoms with Crippen LogP contribution in [0.5, 0.6) is 0 Å². The molecule has 0 amide bonds. The third-order valence-corrected chi connectivity index (χ3v) is 6.15. The monoisotopic (exact) mass is 412 g/mol. The normalized spacial score (nSPS) is 19.9. The number of carbonyl (C=O) groups is 1. The average Bonchev–Trinajstić information content (AvgIpc) is 3.39. The van der Waals surface area contributed by atoms with Crippen molar-refractivity contribution in [3.63, 3.8) is 0 Å². The van der Waals surface area contributed by atoms with Gasteiger partial charge in [-0.15, -0.1) is 0 Å². The lowest BCUT2D eigenvalue weighted by Gasteiger charge is -2.26. The van der Waals surface area contributed by atoms with Gasteiger partial charge in [-0.25, -0.2) is 0 Å². The molecule has 1 aliphatic carbocycles. The number of carbonyl (C=O) groups excluding carboxylic acids is 1. The third-order valence-electron chi connectivity index (χ3n) is 6.15. The van der Waals surface area contributed by atoms with Gasteiger partial charge in [0.2, 0.25) is 0 Å². The standard InChI is InChI=1S/C25H50NO3/c1-5-6-7-8-10-13-16-22-19-23(22)17-14-11-9-12-15-18-25(28)29-21-24(27)20-26(2,3)4/h22-24,27H,5-21H2,1-4H3/q+1. The van der Waals surface area contributed by atoms with Gasteiger partial charge in [-0.2, -0.15) is 0 Å². The molecule has 1 saturated carbocycles. The maximum absolute atomic E-state index is 11.8. The summed E-state index contributed by atoms with van der Waals surface area (Å²) in [4.78, 5) is 11.8. The number of quaternary nitrogens is 1. The lowest BCUT2D eigenvalue weighted by Crippen LogP contribution is -2.43. The molecule has 0 aromatic heterocycles. The molecule has 0 aromatic rings. The number of aliphatic hydroxyl groups is 1. The molecular formula is C25H50NO3+. The second kappa shape index (κ2) is 15.2. The molecule has 29 heavy (non-hydrogen) atoms. The van der Waals surface area contributed by atoms with Crippen LogP contribution in [0, 0.1) is 11.8 Å². The fourth-order valence-electron chi connectivity index (χ4n) is 4.36. The summed E-state index contributed by atoms with van der Waals surface area (Å²) in [6.45, 7) is 2.99. The highest BCUT2D eigenvalue weighted by Crippen LogP contribution is 2.45. The van der Waals surface area contributed by atoms with Crippen LogP contribution in [0.15, 0.2) is 0 Å². The van der Waals surface area contributed by atoms with Crippen molar-refractivity contribution in [2.24, 2.45) is 11.8 Å². The molecule has 3 atom stereocenters. The molecule has 3 unspecified atom stereocenters. The molecule has 0 radical (unpaired) electrons. The highest BCUT2D eigenvalue weighted by molar-refractivity contribution is 5.69. The van der Waals surface area contributed by atoms with Gasteiger partial charge in [0.15, 0.2) is 0 Å². The Bertz CT molecular complexity index is 419. The number of rotatable bonds is 19. The maximum atomic E-state index is 11.8. The Morgan fingerprint density at radius 1 is 0.897 bits per heavy atom.